The second-order valence-electron chi connectivity index (χ2n) is 5.97. The molecule has 3 nitrogen and oxygen atoms in total. The van der Waals surface area contributed by atoms with Crippen molar-refractivity contribution in [2.24, 2.45) is 0 Å². The Bertz CT molecular complexity index is 707. The van der Waals surface area contributed by atoms with E-state index in [1.807, 2.05) is 39.0 Å². The summed E-state index contributed by atoms with van der Waals surface area (Å²) in [5.74, 6) is 0.759. The fourth-order valence-electron chi connectivity index (χ4n) is 2.78. The minimum Gasteiger partial charge on any atom is -0.494 e. The third-order valence-electron chi connectivity index (χ3n) is 3.98. The molecule has 1 N–H and O–H groups in total. The van der Waals surface area contributed by atoms with Gasteiger partial charge in [0.1, 0.15) is 5.75 Å². The third-order valence-corrected chi connectivity index (χ3v) is 3.98. The summed E-state index contributed by atoms with van der Waals surface area (Å²) in [6.07, 6.45) is 0. The standard InChI is InChI=1S/C20H25NO2/c1-6-23-19-10-8-17(12-15(19)4)20(22)21-16(5)18-9-7-13(2)11-14(18)3/h7-12,16H,6H2,1-5H3,(H,21,22)/t16-/m0/s1. The lowest BCUT2D eigenvalue weighted by atomic mass is 10.00. The monoisotopic (exact) mass is 311 g/mol. The molecule has 1 atom stereocenters. The van der Waals surface area contributed by atoms with Gasteiger partial charge < -0.3 is 10.1 Å². The number of benzene rings is 2. The zero-order valence-corrected chi connectivity index (χ0v) is 14.6. The van der Waals surface area contributed by atoms with E-state index in [1.165, 1.54) is 11.1 Å². The Hall–Kier alpha value is -2.29. The van der Waals surface area contributed by atoms with Crippen molar-refractivity contribution >= 4 is 5.91 Å². The van der Waals surface area contributed by atoms with Crippen molar-refractivity contribution < 1.29 is 9.53 Å². The van der Waals surface area contributed by atoms with Crippen LogP contribution in [0.5, 0.6) is 5.75 Å². The highest BCUT2D eigenvalue weighted by Crippen LogP contribution is 2.21. The molecule has 0 unspecified atom stereocenters. The molecule has 0 aliphatic rings. The van der Waals surface area contributed by atoms with Gasteiger partial charge in [0, 0.05) is 5.56 Å². The molecule has 2 aromatic carbocycles. The highest BCUT2D eigenvalue weighted by atomic mass is 16.5. The quantitative estimate of drug-likeness (QED) is 0.883. The molecule has 2 rings (SSSR count). The molecule has 122 valence electrons. The van der Waals surface area contributed by atoms with Crippen LogP contribution in [0.1, 0.15) is 52.5 Å². The maximum atomic E-state index is 12.5. The van der Waals surface area contributed by atoms with E-state index < -0.39 is 0 Å². The number of aryl methyl sites for hydroxylation is 3. The highest BCUT2D eigenvalue weighted by Gasteiger charge is 2.14. The van der Waals surface area contributed by atoms with Crippen LogP contribution in [-0.4, -0.2) is 12.5 Å². The molecule has 0 aliphatic heterocycles. The van der Waals surface area contributed by atoms with Crippen LogP contribution in [-0.2, 0) is 0 Å². The molecule has 3 heteroatoms. The van der Waals surface area contributed by atoms with Gasteiger partial charge in [-0.1, -0.05) is 23.8 Å². The highest BCUT2D eigenvalue weighted by molar-refractivity contribution is 5.94. The Labute approximate surface area is 138 Å². The minimum absolute atomic E-state index is 0.0324. The first-order valence-electron chi connectivity index (χ1n) is 8.03. The van der Waals surface area contributed by atoms with E-state index in [1.54, 1.807) is 0 Å². The fraction of sp³-hybridized carbons (Fsp3) is 0.350. The zero-order chi connectivity index (χ0) is 17.0. The van der Waals surface area contributed by atoms with Crippen molar-refractivity contribution in [1.29, 1.82) is 0 Å². The Morgan fingerprint density at radius 1 is 1.09 bits per heavy atom. The number of hydrogen-bond acceptors (Lipinski definition) is 2. The van der Waals surface area contributed by atoms with E-state index in [0.29, 0.717) is 12.2 Å². The summed E-state index contributed by atoms with van der Waals surface area (Å²) in [7, 11) is 0. The number of hydrogen-bond donors (Lipinski definition) is 1. The van der Waals surface area contributed by atoms with Gasteiger partial charge in [-0.25, -0.2) is 0 Å². The molecular formula is C20H25NO2. The number of nitrogens with one attached hydrogen (secondary N) is 1. The summed E-state index contributed by atoms with van der Waals surface area (Å²) < 4.78 is 5.52. The molecule has 0 aromatic heterocycles. The van der Waals surface area contributed by atoms with Crippen molar-refractivity contribution in [3.63, 3.8) is 0 Å². The molecule has 0 heterocycles. The van der Waals surface area contributed by atoms with Crippen LogP contribution in [0.3, 0.4) is 0 Å². The van der Waals surface area contributed by atoms with Gasteiger partial charge in [-0.15, -0.1) is 0 Å². The van der Waals surface area contributed by atoms with Crippen molar-refractivity contribution in [3.05, 3.63) is 64.2 Å². The lowest BCUT2D eigenvalue weighted by Gasteiger charge is -2.17. The lowest BCUT2D eigenvalue weighted by Crippen LogP contribution is -2.27. The van der Waals surface area contributed by atoms with E-state index in [-0.39, 0.29) is 11.9 Å². The maximum Gasteiger partial charge on any atom is 0.251 e. The van der Waals surface area contributed by atoms with E-state index in [4.69, 9.17) is 4.74 Å². The largest absolute Gasteiger partial charge is 0.494 e. The van der Waals surface area contributed by atoms with E-state index in [0.717, 1.165) is 16.9 Å². The summed E-state index contributed by atoms with van der Waals surface area (Å²) in [5, 5.41) is 3.07. The van der Waals surface area contributed by atoms with E-state index in [9.17, 15) is 4.79 Å². The molecule has 0 fully saturated rings. The predicted octanol–water partition coefficient (Wildman–Crippen LogP) is 4.50. The van der Waals surface area contributed by atoms with Gasteiger partial charge in [0.25, 0.3) is 5.91 Å². The summed E-state index contributed by atoms with van der Waals surface area (Å²) >= 11 is 0. The average Bonchev–Trinajstić information content (AvgIpc) is 2.49. The molecule has 0 spiro atoms. The van der Waals surface area contributed by atoms with E-state index >= 15 is 0 Å². The summed E-state index contributed by atoms with van der Waals surface area (Å²) in [5.41, 5.74) is 5.19. The van der Waals surface area contributed by atoms with Crippen LogP contribution in [0.25, 0.3) is 0 Å². The molecule has 2 aromatic rings. The minimum atomic E-state index is -0.0661. The molecule has 23 heavy (non-hydrogen) atoms. The SMILES string of the molecule is CCOc1ccc(C(=O)N[C@@H](C)c2ccc(C)cc2C)cc1C. The van der Waals surface area contributed by atoms with Crippen molar-refractivity contribution in [3.8, 4) is 5.75 Å². The van der Waals surface area contributed by atoms with Gasteiger partial charge in [0.2, 0.25) is 0 Å². The van der Waals surface area contributed by atoms with Gasteiger partial charge in [-0.05, 0) is 69.5 Å². The van der Waals surface area contributed by atoms with Crippen LogP contribution >= 0.6 is 0 Å². The number of carbonyl (C=O) groups is 1. The zero-order valence-electron chi connectivity index (χ0n) is 14.6. The molecular weight excluding hydrogens is 286 g/mol. The first kappa shape index (κ1) is 17.1. The Morgan fingerprint density at radius 2 is 1.83 bits per heavy atom. The Kier molecular flexibility index (Phi) is 5.43. The van der Waals surface area contributed by atoms with Crippen LogP contribution in [0.15, 0.2) is 36.4 Å². The number of ether oxygens (including phenoxy) is 1. The van der Waals surface area contributed by atoms with Crippen LogP contribution < -0.4 is 10.1 Å². The predicted molar refractivity (Wildman–Crippen MR) is 94.1 cm³/mol. The van der Waals surface area contributed by atoms with Crippen LogP contribution in [0.2, 0.25) is 0 Å². The maximum absolute atomic E-state index is 12.5. The van der Waals surface area contributed by atoms with Crippen molar-refractivity contribution in [2.45, 2.75) is 40.7 Å². The number of amides is 1. The van der Waals surface area contributed by atoms with E-state index in [2.05, 4.69) is 37.4 Å². The van der Waals surface area contributed by atoms with Crippen molar-refractivity contribution in [2.75, 3.05) is 6.61 Å². The van der Waals surface area contributed by atoms with Gasteiger partial charge in [-0.2, -0.15) is 0 Å². The molecule has 0 radical (unpaired) electrons. The molecule has 0 aliphatic carbocycles. The Morgan fingerprint density at radius 3 is 2.43 bits per heavy atom. The molecule has 0 bridgehead atoms. The van der Waals surface area contributed by atoms with Crippen LogP contribution in [0, 0.1) is 20.8 Å². The van der Waals surface area contributed by atoms with Gasteiger partial charge in [0.05, 0.1) is 12.6 Å². The summed E-state index contributed by atoms with van der Waals surface area (Å²) in [6, 6.07) is 11.8. The molecule has 0 saturated carbocycles. The van der Waals surface area contributed by atoms with Crippen LogP contribution in [0.4, 0.5) is 0 Å². The van der Waals surface area contributed by atoms with Gasteiger partial charge in [0.15, 0.2) is 0 Å². The Balaban J connectivity index is 2.13. The topological polar surface area (TPSA) is 38.3 Å². The summed E-state index contributed by atoms with van der Waals surface area (Å²) in [4.78, 5) is 12.5. The smallest absolute Gasteiger partial charge is 0.251 e. The first-order valence-corrected chi connectivity index (χ1v) is 8.03. The fourth-order valence-corrected chi connectivity index (χ4v) is 2.78. The first-order chi connectivity index (χ1) is 10.9. The van der Waals surface area contributed by atoms with Gasteiger partial charge >= 0.3 is 0 Å². The summed E-state index contributed by atoms with van der Waals surface area (Å²) in [6.45, 7) is 10.7. The van der Waals surface area contributed by atoms with Gasteiger partial charge in [-0.3, -0.25) is 4.79 Å². The normalized spacial score (nSPS) is 11.9. The number of carbonyl (C=O) groups excluding carboxylic acids is 1. The third kappa shape index (κ3) is 4.13. The number of rotatable bonds is 5. The average molecular weight is 311 g/mol. The lowest BCUT2D eigenvalue weighted by molar-refractivity contribution is 0.0939. The molecule has 0 saturated heterocycles. The second kappa shape index (κ2) is 7.32. The van der Waals surface area contributed by atoms with Crippen molar-refractivity contribution in [1.82, 2.24) is 5.32 Å². The second-order valence-corrected chi connectivity index (χ2v) is 5.97. The molecule has 1 amide bonds.